The maximum Gasteiger partial charge on any atom is 0.416 e. The maximum absolute atomic E-state index is 12.7. The fourth-order valence-electron chi connectivity index (χ4n) is 1.94. The molecule has 2 rings (SSSR count). The van der Waals surface area contributed by atoms with Gasteiger partial charge in [-0.2, -0.15) is 26.3 Å². The summed E-state index contributed by atoms with van der Waals surface area (Å²) in [5.41, 5.74) is -5.73. The van der Waals surface area contributed by atoms with E-state index in [0.717, 1.165) is 0 Å². The molecule has 1 aliphatic rings. The summed E-state index contributed by atoms with van der Waals surface area (Å²) < 4.78 is 76.0. The summed E-state index contributed by atoms with van der Waals surface area (Å²) in [6.07, 6.45) is -10.2. The lowest BCUT2D eigenvalue weighted by molar-refractivity contribution is -0.148. The van der Waals surface area contributed by atoms with Gasteiger partial charge < -0.3 is 10.4 Å². The first-order chi connectivity index (χ1) is 10.4. The van der Waals surface area contributed by atoms with E-state index in [1.165, 1.54) is 0 Å². The van der Waals surface area contributed by atoms with Crippen LogP contribution in [-0.4, -0.2) is 17.0 Å². The van der Waals surface area contributed by atoms with E-state index in [1.54, 1.807) is 0 Å². The van der Waals surface area contributed by atoms with Gasteiger partial charge >= 0.3 is 18.3 Å². The van der Waals surface area contributed by atoms with Crippen molar-refractivity contribution in [3.63, 3.8) is 0 Å². The van der Waals surface area contributed by atoms with Crippen LogP contribution in [0, 0.1) is 5.41 Å². The molecule has 0 atom stereocenters. The van der Waals surface area contributed by atoms with Crippen molar-refractivity contribution in [2.45, 2.75) is 25.2 Å². The predicted octanol–water partition coefficient (Wildman–Crippen LogP) is 3.53. The van der Waals surface area contributed by atoms with Crippen molar-refractivity contribution in [3.8, 4) is 0 Å². The number of rotatable bonds is 3. The molecule has 0 spiro atoms. The van der Waals surface area contributed by atoms with Gasteiger partial charge in [0.05, 0.1) is 11.1 Å². The van der Waals surface area contributed by atoms with Crippen molar-refractivity contribution in [2.24, 2.45) is 5.41 Å². The molecule has 1 fully saturated rings. The Labute approximate surface area is 125 Å². The average molecular weight is 341 g/mol. The summed E-state index contributed by atoms with van der Waals surface area (Å²) >= 11 is 0. The fourth-order valence-corrected chi connectivity index (χ4v) is 1.94. The molecule has 23 heavy (non-hydrogen) atoms. The third kappa shape index (κ3) is 3.40. The fraction of sp³-hybridized carbons (Fsp3) is 0.385. The number of hydrogen-bond donors (Lipinski definition) is 2. The second kappa shape index (κ2) is 5.14. The van der Waals surface area contributed by atoms with Gasteiger partial charge in [-0.1, -0.05) is 0 Å². The minimum absolute atomic E-state index is 0.0285. The smallest absolute Gasteiger partial charge is 0.416 e. The summed E-state index contributed by atoms with van der Waals surface area (Å²) in [6.45, 7) is 0. The van der Waals surface area contributed by atoms with Gasteiger partial charge in [-0.3, -0.25) is 9.59 Å². The maximum atomic E-state index is 12.7. The summed E-state index contributed by atoms with van der Waals surface area (Å²) in [5.74, 6) is -2.62. The molecule has 0 bridgehead atoms. The minimum Gasteiger partial charge on any atom is -0.480 e. The molecule has 1 aromatic rings. The molecule has 10 heteroatoms. The van der Waals surface area contributed by atoms with E-state index in [0.29, 0.717) is 12.1 Å². The molecular weight excluding hydrogens is 332 g/mol. The Morgan fingerprint density at radius 1 is 0.957 bits per heavy atom. The molecule has 1 aromatic carbocycles. The number of alkyl halides is 6. The van der Waals surface area contributed by atoms with E-state index < -0.39 is 46.5 Å². The second-order valence-corrected chi connectivity index (χ2v) is 5.14. The van der Waals surface area contributed by atoms with Crippen LogP contribution in [0.2, 0.25) is 0 Å². The number of anilines is 1. The van der Waals surface area contributed by atoms with Crippen LogP contribution in [0.5, 0.6) is 0 Å². The van der Waals surface area contributed by atoms with Gasteiger partial charge in [0, 0.05) is 5.69 Å². The molecule has 1 aliphatic carbocycles. The van der Waals surface area contributed by atoms with E-state index in [1.807, 2.05) is 5.32 Å². The van der Waals surface area contributed by atoms with Crippen LogP contribution in [0.4, 0.5) is 32.0 Å². The number of carboxylic acid groups (broad SMARTS) is 1. The van der Waals surface area contributed by atoms with Gasteiger partial charge in [0.2, 0.25) is 5.91 Å². The number of nitrogens with one attached hydrogen (secondary N) is 1. The molecule has 1 saturated carbocycles. The molecule has 1 amide bonds. The molecule has 0 unspecified atom stereocenters. The first-order valence-corrected chi connectivity index (χ1v) is 6.20. The highest BCUT2D eigenvalue weighted by atomic mass is 19.4. The van der Waals surface area contributed by atoms with Crippen LogP contribution in [0.25, 0.3) is 0 Å². The third-order valence-electron chi connectivity index (χ3n) is 3.44. The SMILES string of the molecule is O=C(O)C1(C(=O)Nc2cc(C(F)(F)F)cc(C(F)(F)F)c2)CC1. The third-order valence-corrected chi connectivity index (χ3v) is 3.44. The van der Waals surface area contributed by atoms with Crippen molar-refractivity contribution in [1.29, 1.82) is 0 Å². The highest BCUT2D eigenvalue weighted by Crippen LogP contribution is 2.47. The van der Waals surface area contributed by atoms with Crippen molar-refractivity contribution in [1.82, 2.24) is 0 Å². The van der Waals surface area contributed by atoms with Gasteiger partial charge in [0.25, 0.3) is 0 Å². The van der Waals surface area contributed by atoms with Gasteiger partial charge in [-0.15, -0.1) is 0 Å². The lowest BCUT2D eigenvalue weighted by Gasteiger charge is -2.16. The Balaban J connectivity index is 2.39. The Kier molecular flexibility index (Phi) is 3.82. The van der Waals surface area contributed by atoms with Crippen LogP contribution < -0.4 is 5.32 Å². The summed E-state index contributed by atoms with van der Waals surface area (Å²) in [6, 6.07) is 0.565. The van der Waals surface area contributed by atoms with Gasteiger partial charge in [0.15, 0.2) is 0 Å². The van der Waals surface area contributed by atoms with Crippen LogP contribution >= 0.6 is 0 Å². The Morgan fingerprint density at radius 2 is 1.39 bits per heavy atom. The molecule has 0 radical (unpaired) electrons. The van der Waals surface area contributed by atoms with E-state index in [9.17, 15) is 35.9 Å². The largest absolute Gasteiger partial charge is 0.480 e. The number of amides is 1. The number of carboxylic acids is 1. The van der Waals surface area contributed by atoms with Crippen molar-refractivity contribution >= 4 is 17.6 Å². The first kappa shape index (κ1) is 17.1. The molecule has 0 aliphatic heterocycles. The Bertz CT molecular complexity index is 628. The van der Waals surface area contributed by atoms with E-state index in [2.05, 4.69) is 0 Å². The number of carbonyl (C=O) groups is 2. The van der Waals surface area contributed by atoms with E-state index in [4.69, 9.17) is 5.11 Å². The second-order valence-electron chi connectivity index (χ2n) is 5.14. The summed E-state index contributed by atoms with van der Waals surface area (Å²) in [7, 11) is 0. The lowest BCUT2D eigenvalue weighted by atomic mass is 10.1. The van der Waals surface area contributed by atoms with E-state index in [-0.39, 0.29) is 18.9 Å². The van der Waals surface area contributed by atoms with Crippen LogP contribution in [0.3, 0.4) is 0 Å². The zero-order valence-electron chi connectivity index (χ0n) is 11.2. The first-order valence-electron chi connectivity index (χ1n) is 6.20. The van der Waals surface area contributed by atoms with Crippen LogP contribution in [0.1, 0.15) is 24.0 Å². The molecule has 0 aromatic heterocycles. The van der Waals surface area contributed by atoms with Gasteiger partial charge in [-0.25, -0.2) is 0 Å². The standard InChI is InChI=1S/C13H9F6NO3/c14-12(15,16)6-3-7(13(17,18)19)5-8(4-6)20-9(21)11(1-2-11)10(22)23/h3-5H,1-2H2,(H,20,21)(H,22,23). The number of aliphatic carboxylic acids is 1. The molecule has 2 N–H and O–H groups in total. The lowest BCUT2D eigenvalue weighted by Crippen LogP contribution is -2.31. The minimum atomic E-state index is -5.05. The van der Waals surface area contributed by atoms with Crippen LogP contribution in [-0.2, 0) is 21.9 Å². The molecular formula is C13H9F6NO3. The quantitative estimate of drug-likeness (QED) is 0.653. The zero-order valence-corrected chi connectivity index (χ0v) is 11.2. The van der Waals surface area contributed by atoms with Gasteiger partial charge in [-0.05, 0) is 31.0 Å². The average Bonchev–Trinajstić information content (AvgIpc) is 3.17. The molecule has 0 heterocycles. The molecule has 0 saturated heterocycles. The highest BCUT2D eigenvalue weighted by Gasteiger charge is 2.57. The van der Waals surface area contributed by atoms with Crippen molar-refractivity contribution in [2.75, 3.05) is 5.32 Å². The zero-order chi connectivity index (χ0) is 17.6. The Morgan fingerprint density at radius 3 is 1.70 bits per heavy atom. The number of benzene rings is 1. The van der Waals surface area contributed by atoms with Crippen molar-refractivity contribution in [3.05, 3.63) is 29.3 Å². The summed E-state index contributed by atoms with van der Waals surface area (Å²) in [5, 5.41) is 10.7. The number of halogens is 6. The van der Waals surface area contributed by atoms with Crippen LogP contribution in [0.15, 0.2) is 18.2 Å². The Hall–Kier alpha value is -2.26. The molecule has 126 valence electrons. The normalized spacial score (nSPS) is 16.8. The molecule has 4 nitrogen and oxygen atoms in total. The summed E-state index contributed by atoms with van der Waals surface area (Å²) in [4.78, 5) is 22.8. The monoisotopic (exact) mass is 341 g/mol. The van der Waals surface area contributed by atoms with Gasteiger partial charge in [0.1, 0.15) is 5.41 Å². The van der Waals surface area contributed by atoms with Crippen molar-refractivity contribution < 1.29 is 41.0 Å². The highest BCUT2D eigenvalue weighted by molar-refractivity contribution is 6.10. The number of carbonyl (C=O) groups excluding carboxylic acids is 1. The topological polar surface area (TPSA) is 66.4 Å². The number of hydrogen-bond acceptors (Lipinski definition) is 2. The van der Waals surface area contributed by atoms with E-state index >= 15 is 0 Å². The predicted molar refractivity (Wildman–Crippen MR) is 64.4 cm³/mol.